The zero-order valence-electron chi connectivity index (χ0n) is 16.7. The van der Waals surface area contributed by atoms with Gasteiger partial charge in [0.05, 0.1) is 27.5 Å². The SMILES string of the molecule is COc1ccc(-c2nccn2N=Cc2cc(OC)c(N(C)C)c(OC)c2)cc1. The highest BCUT2D eigenvalue weighted by Crippen LogP contribution is 2.37. The highest BCUT2D eigenvalue weighted by atomic mass is 16.5. The standard InChI is InChI=1S/C21H24N4O3/c1-24(2)20-18(27-4)12-15(13-19(20)28-5)14-23-25-11-10-22-21(25)16-6-8-17(26-3)9-7-16/h6-14H,1-5H3. The first-order valence-corrected chi connectivity index (χ1v) is 8.73. The Morgan fingerprint density at radius 1 is 0.964 bits per heavy atom. The van der Waals surface area contributed by atoms with E-state index in [0.29, 0.717) is 11.5 Å². The van der Waals surface area contributed by atoms with Gasteiger partial charge in [-0.25, -0.2) is 9.66 Å². The van der Waals surface area contributed by atoms with Crippen molar-refractivity contribution in [3.8, 4) is 28.6 Å². The summed E-state index contributed by atoms with van der Waals surface area (Å²) in [5.41, 5.74) is 2.68. The molecule has 7 heteroatoms. The molecular formula is C21H24N4O3. The number of ether oxygens (including phenoxy) is 3. The molecule has 7 nitrogen and oxygen atoms in total. The first kappa shape index (κ1) is 19.3. The lowest BCUT2D eigenvalue weighted by Gasteiger charge is -2.20. The summed E-state index contributed by atoms with van der Waals surface area (Å²) >= 11 is 0. The van der Waals surface area contributed by atoms with Crippen molar-refractivity contribution in [3.05, 3.63) is 54.4 Å². The van der Waals surface area contributed by atoms with Crippen molar-refractivity contribution in [1.82, 2.24) is 9.66 Å². The van der Waals surface area contributed by atoms with Crippen LogP contribution in [0.4, 0.5) is 5.69 Å². The second-order valence-corrected chi connectivity index (χ2v) is 6.24. The van der Waals surface area contributed by atoms with Crippen molar-refractivity contribution < 1.29 is 14.2 Å². The topological polar surface area (TPSA) is 61.1 Å². The lowest BCUT2D eigenvalue weighted by molar-refractivity contribution is 0.395. The minimum absolute atomic E-state index is 0.715. The van der Waals surface area contributed by atoms with Crippen molar-refractivity contribution in [1.29, 1.82) is 0 Å². The van der Waals surface area contributed by atoms with Crippen LogP contribution < -0.4 is 19.1 Å². The average molecular weight is 380 g/mol. The van der Waals surface area contributed by atoms with Gasteiger partial charge in [-0.1, -0.05) is 0 Å². The number of hydrogen-bond acceptors (Lipinski definition) is 6. The fourth-order valence-corrected chi connectivity index (χ4v) is 2.89. The molecular weight excluding hydrogens is 356 g/mol. The number of rotatable bonds is 7. The summed E-state index contributed by atoms with van der Waals surface area (Å²) in [5.74, 6) is 2.96. The molecule has 0 aliphatic rings. The van der Waals surface area contributed by atoms with Crippen LogP contribution in [0.25, 0.3) is 11.4 Å². The molecule has 28 heavy (non-hydrogen) atoms. The van der Waals surface area contributed by atoms with E-state index in [1.807, 2.05) is 55.4 Å². The number of methoxy groups -OCH3 is 3. The van der Waals surface area contributed by atoms with E-state index in [2.05, 4.69) is 10.1 Å². The van der Waals surface area contributed by atoms with Crippen LogP contribution in [-0.4, -0.2) is 51.3 Å². The van der Waals surface area contributed by atoms with Crippen LogP contribution in [0.15, 0.2) is 53.9 Å². The minimum Gasteiger partial charge on any atom is -0.497 e. The van der Waals surface area contributed by atoms with E-state index in [9.17, 15) is 0 Å². The van der Waals surface area contributed by atoms with Crippen molar-refractivity contribution in [3.63, 3.8) is 0 Å². The van der Waals surface area contributed by atoms with Gasteiger partial charge in [-0.2, -0.15) is 5.10 Å². The quantitative estimate of drug-likeness (QED) is 0.587. The number of nitrogens with zero attached hydrogens (tertiary/aromatic N) is 4. The largest absolute Gasteiger partial charge is 0.497 e. The smallest absolute Gasteiger partial charge is 0.160 e. The number of aromatic nitrogens is 2. The Morgan fingerprint density at radius 2 is 1.61 bits per heavy atom. The molecule has 0 unspecified atom stereocenters. The van der Waals surface area contributed by atoms with Crippen LogP contribution in [0, 0.1) is 0 Å². The third kappa shape index (κ3) is 3.93. The van der Waals surface area contributed by atoms with E-state index in [1.165, 1.54) is 0 Å². The van der Waals surface area contributed by atoms with Gasteiger partial charge in [0.2, 0.25) is 0 Å². The van der Waals surface area contributed by atoms with Crippen molar-refractivity contribution in [2.45, 2.75) is 0 Å². The number of benzene rings is 2. The first-order chi connectivity index (χ1) is 13.6. The van der Waals surface area contributed by atoms with Gasteiger partial charge in [-0.3, -0.25) is 0 Å². The minimum atomic E-state index is 0.715. The fraction of sp³-hybridized carbons (Fsp3) is 0.238. The summed E-state index contributed by atoms with van der Waals surface area (Å²) < 4.78 is 18.0. The Hall–Kier alpha value is -3.48. The molecule has 0 fully saturated rings. The summed E-state index contributed by atoms with van der Waals surface area (Å²) in [6.07, 6.45) is 5.27. The highest BCUT2D eigenvalue weighted by Gasteiger charge is 2.14. The second kappa shape index (κ2) is 8.47. The lowest BCUT2D eigenvalue weighted by Crippen LogP contribution is -2.12. The summed E-state index contributed by atoms with van der Waals surface area (Å²) in [4.78, 5) is 6.37. The van der Waals surface area contributed by atoms with Gasteiger partial charge in [0.25, 0.3) is 0 Å². The number of imidazole rings is 1. The molecule has 146 valence electrons. The average Bonchev–Trinajstić information content (AvgIpc) is 3.19. The Morgan fingerprint density at radius 3 is 2.14 bits per heavy atom. The molecule has 0 amide bonds. The van der Waals surface area contributed by atoms with E-state index in [-0.39, 0.29) is 0 Å². The lowest BCUT2D eigenvalue weighted by atomic mass is 10.1. The van der Waals surface area contributed by atoms with Crippen molar-refractivity contribution >= 4 is 11.9 Å². The molecule has 0 spiro atoms. The molecule has 0 aliphatic heterocycles. The molecule has 0 atom stereocenters. The molecule has 0 radical (unpaired) electrons. The molecule has 0 N–H and O–H groups in total. The fourth-order valence-electron chi connectivity index (χ4n) is 2.89. The van der Waals surface area contributed by atoms with Crippen molar-refractivity contribution in [2.75, 3.05) is 40.3 Å². The maximum absolute atomic E-state index is 5.53. The Labute approximate surface area is 164 Å². The molecule has 0 aliphatic carbocycles. The normalized spacial score (nSPS) is 10.9. The number of hydrogen-bond donors (Lipinski definition) is 0. The van der Waals surface area contributed by atoms with E-state index in [0.717, 1.165) is 28.4 Å². The van der Waals surface area contributed by atoms with Crippen LogP contribution in [-0.2, 0) is 0 Å². The zero-order chi connectivity index (χ0) is 20.1. The molecule has 1 aromatic heterocycles. The maximum atomic E-state index is 5.53. The van der Waals surface area contributed by atoms with Gasteiger partial charge in [0, 0.05) is 37.6 Å². The van der Waals surface area contributed by atoms with Crippen LogP contribution in [0.5, 0.6) is 17.2 Å². The highest BCUT2D eigenvalue weighted by molar-refractivity contribution is 5.84. The first-order valence-electron chi connectivity index (χ1n) is 8.73. The van der Waals surface area contributed by atoms with Gasteiger partial charge in [-0.15, -0.1) is 0 Å². The van der Waals surface area contributed by atoms with E-state index in [4.69, 9.17) is 14.2 Å². The van der Waals surface area contributed by atoms with E-state index in [1.54, 1.807) is 44.6 Å². The Bertz CT molecular complexity index is 937. The molecule has 0 bridgehead atoms. The maximum Gasteiger partial charge on any atom is 0.160 e. The summed E-state index contributed by atoms with van der Waals surface area (Å²) in [5, 5.41) is 4.55. The molecule has 0 saturated heterocycles. The van der Waals surface area contributed by atoms with E-state index < -0.39 is 0 Å². The summed E-state index contributed by atoms with van der Waals surface area (Å²) in [6, 6.07) is 11.5. The second-order valence-electron chi connectivity index (χ2n) is 6.24. The van der Waals surface area contributed by atoms with Gasteiger partial charge in [0.15, 0.2) is 5.82 Å². The van der Waals surface area contributed by atoms with E-state index >= 15 is 0 Å². The van der Waals surface area contributed by atoms with Crippen LogP contribution in [0.3, 0.4) is 0 Å². The van der Waals surface area contributed by atoms with Gasteiger partial charge >= 0.3 is 0 Å². The zero-order valence-corrected chi connectivity index (χ0v) is 16.7. The molecule has 1 heterocycles. The third-order valence-electron chi connectivity index (χ3n) is 4.25. The Balaban J connectivity index is 1.94. The predicted octanol–water partition coefficient (Wildman–Crippen LogP) is 3.52. The van der Waals surface area contributed by atoms with Crippen molar-refractivity contribution in [2.24, 2.45) is 5.10 Å². The van der Waals surface area contributed by atoms with Gasteiger partial charge in [0.1, 0.15) is 22.9 Å². The molecule has 3 aromatic rings. The monoisotopic (exact) mass is 380 g/mol. The molecule has 2 aromatic carbocycles. The van der Waals surface area contributed by atoms with Crippen LogP contribution >= 0.6 is 0 Å². The summed E-state index contributed by atoms with van der Waals surface area (Å²) in [6.45, 7) is 0. The Kier molecular flexibility index (Phi) is 5.84. The number of anilines is 1. The third-order valence-corrected chi connectivity index (χ3v) is 4.25. The van der Waals surface area contributed by atoms with Crippen LogP contribution in [0.1, 0.15) is 5.56 Å². The predicted molar refractivity (Wildman–Crippen MR) is 111 cm³/mol. The summed E-state index contributed by atoms with van der Waals surface area (Å²) in [7, 11) is 8.81. The van der Waals surface area contributed by atoms with Crippen LogP contribution in [0.2, 0.25) is 0 Å². The van der Waals surface area contributed by atoms with Gasteiger partial charge < -0.3 is 19.1 Å². The molecule has 0 saturated carbocycles. The van der Waals surface area contributed by atoms with Gasteiger partial charge in [-0.05, 0) is 36.4 Å². The molecule has 3 rings (SSSR count).